The molecule has 2 aliphatic carbocycles. The summed E-state index contributed by atoms with van der Waals surface area (Å²) in [5, 5.41) is 9.50. The number of hydrazine groups is 1. The molecule has 0 aromatic rings. The fourth-order valence-electron chi connectivity index (χ4n) is 6.10. The summed E-state index contributed by atoms with van der Waals surface area (Å²) in [4.78, 5) is 12.8. The molecule has 2 aliphatic heterocycles. The Hall–Kier alpha value is -0.650. The molecular formula is C21H38N4O. The lowest BCUT2D eigenvalue weighted by atomic mass is 9.78. The molecule has 2 heterocycles. The predicted octanol–water partition coefficient (Wildman–Crippen LogP) is 2.43. The highest BCUT2D eigenvalue weighted by Crippen LogP contribution is 2.37. The van der Waals surface area contributed by atoms with Gasteiger partial charge in [-0.05, 0) is 76.0 Å². The molecule has 148 valence electrons. The van der Waals surface area contributed by atoms with Crippen LogP contribution in [0.2, 0.25) is 0 Å². The number of hydrogen-bond donors (Lipinski definition) is 3. The number of carbonyl (C=O) groups is 1. The van der Waals surface area contributed by atoms with Crippen LogP contribution < -0.4 is 16.1 Å². The topological polar surface area (TPSA) is 56.4 Å². The summed E-state index contributed by atoms with van der Waals surface area (Å²) >= 11 is 0. The van der Waals surface area contributed by atoms with Crippen molar-refractivity contribution in [3.05, 3.63) is 0 Å². The third-order valence-electron chi connectivity index (χ3n) is 7.75. The Morgan fingerprint density at radius 3 is 2.62 bits per heavy atom. The number of nitrogens with one attached hydrogen (secondary N) is 3. The molecule has 5 heteroatoms. The molecule has 3 N–H and O–H groups in total. The molecule has 1 amide bonds. The second-order valence-corrected chi connectivity index (χ2v) is 9.47. The second kappa shape index (κ2) is 8.15. The van der Waals surface area contributed by atoms with Gasteiger partial charge in [0.1, 0.15) is 0 Å². The van der Waals surface area contributed by atoms with Gasteiger partial charge in [0.05, 0.1) is 6.04 Å². The van der Waals surface area contributed by atoms with Gasteiger partial charge in [0.25, 0.3) is 0 Å². The maximum absolute atomic E-state index is 12.8. The zero-order valence-corrected chi connectivity index (χ0v) is 16.7. The van der Waals surface area contributed by atoms with Crippen molar-refractivity contribution < 1.29 is 4.79 Å². The average Bonchev–Trinajstić information content (AvgIpc) is 3.32. The highest BCUT2D eigenvalue weighted by atomic mass is 16.2. The molecule has 5 atom stereocenters. The van der Waals surface area contributed by atoms with Crippen LogP contribution in [0, 0.1) is 17.8 Å². The van der Waals surface area contributed by atoms with Gasteiger partial charge in [-0.15, -0.1) is 0 Å². The van der Waals surface area contributed by atoms with Crippen molar-refractivity contribution in [2.24, 2.45) is 17.8 Å². The van der Waals surface area contributed by atoms with Crippen molar-refractivity contribution in [3.8, 4) is 0 Å². The summed E-state index contributed by atoms with van der Waals surface area (Å²) in [6, 6.07) is 1.62. The predicted molar refractivity (Wildman–Crippen MR) is 105 cm³/mol. The van der Waals surface area contributed by atoms with Crippen LogP contribution in [-0.4, -0.2) is 48.2 Å². The van der Waals surface area contributed by atoms with E-state index in [1.165, 1.54) is 57.9 Å². The summed E-state index contributed by atoms with van der Waals surface area (Å²) in [7, 11) is 0. The first-order valence-corrected chi connectivity index (χ1v) is 11.2. The van der Waals surface area contributed by atoms with Crippen molar-refractivity contribution >= 4 is 5.91 Å². The smallest absolute Gasteiger partial charge is 0.237 e. The first kappa shape index (κ1) is 18.7. The van der Waals surface area contributed by atoms with Gasteiger partial charge in [-0.2, -0.15) is 0 Å². The van der Waals surface area contributed by atoms with Crippen LogP contribution in [0.5, 0.6) is 0 Å². The quantitative estimate of drug-likeness (QED) is 0.719. The molecule has 0 spiro atoms. The Morgan fingerprint density at radius 2 is 1.92 bits per heavy atom. The minimum Gasteiger partial charge on any atom is -0.352 e. The Bertz CT molecular complexity index is 484. The fraction of sp³-hybridized carbons (Fsp3) is 0.952. The van der Waals surface area contributed by atoms with Gasteiger partial charge in [0.15, 0.2) is 0 Å². The van der Waals surface area contributed by atoms with Crippen LogP contribution in [0.15, 0.2) is 0 Å². The number of fused-ring (bicyclic) bond motifs is 1. The number of rotatable bonds is 4. The van der Waals surface area contributed by atoms with E-state index in [-0.39, 0.29) is 11.9 Å². The number of carbonyl (C=O) groups excluding carboxylic acids is 1. The first-order valence-electron chi connectivity index (χ1n) is 11.2. The molecule has 26 heavy (non-hydrogen) atoms. The number of nitrogens with zero attached hydrogens (tertiary/aromatic N) is 1. The van der Waals surface area contributed by atoms with Crippen LogP contribution in [0.4, 0.5) is 0 Å². The lowest BCUT2D eigenvalue weighted by Gasteiger charge is -2.37. The fourth-order valence-corrected chi connectivity index (χ4v) is 6.10. The van der Waals surface area contributed by atoms with Gasteiger partial charge >= 0.3 is 0 Å². The van der Waals surface area contributed by atoms with E-state index >= 15 is 0 Å². The summed E-state index contributed by atoms with van der Waals surface area (Å²) in [5.74, 6) is 2.33. The highest BCUT2D eigenvalue weighted by Gasteiger charge is 2.42. The zero-order valence-electron chi connectivity index (χ0n) is 16.7. The van der Waals surface area contributed by atoms with E-state index in [0.717, 1.165) is 18.9 Å². The van der Waals surface area contributed by atoms with Crippen molar-refractivity contribution in [1.82, 2.24) is 21.1 Å². The van der Waals surface area contributed by atoms with E-state index in [1.54, 1.807) is 0 Å². The zero-order chi connectivity index (χ0) is 18.1. The van der Waals surface area contributed by atoms with Crippen molar-refractivity contribution in [2.75, 3.05) is 13.1 Å². The third-order valence-corrected chi connectivity index (χ3v) is 7.75. The third kappa shape index (κ3) is 3.95. The van der Waals surface area contributed by atoms with E-state index in [9.17, 15) is 4.79 Å². The SMILES string of the molecule is CC1CCCC2CC(C(=O)NC(C)C3CCC(N4CCCN4)CC3)NC12. The Balaban J connectivity index is 1.23. The monoisotopic (exact) mass is 362 g/mol. The van der Waals surface area contributed by atoms with Crippen LogP contribution >= 0.6 is 0 Å². The van der Waals surface area contributed by atoms with Crippen LogP contribution in [0.25, 0.3) is 0 Å². The van der Waals surface area contributed by atoms with E-state index in [2.05, 4.69) is 34.9 Å². The van der Waals surface area contributed by atoms with Crippen LogP contribution in [0.3, 0.4) is 0 Å². The Kier molecular flexibility index (Phi) is 5.87. The summed E-state index contributed by atoms with van der Waals surface area (Å²) in [5.41, 5.74) is 3.52. The molecule has 4 aliphatic rings. The Labute approximate surface area is 159 Å². The van der Waals surface area contributed by atoms with Gasteiger partial charge in [-0.1, -0.05) is 13.3 Å². The normalized spacial score (nSPS) is 42.4. The highest BCUT2D eigenvalue weighted by molar-refractivity contribution is 5.82. The molecule has 0 radical (unpaired) electrons. The number of hydrogen-bond acceptors (Lipinski definition) is 4. The molecule has 0 aromatic heterocycles. The molecule has 4 fully saturated rings. The maximum Gasteiger partial charge on any atom is 0.237 e. The van der Waals surface area contributed by atoms with E-state index in [1.807, 2.05) is 0 Å². The number of amides is 1. The Morgan fingerprint density at radius 1 is 1.12 bits per heavy atom. The van der Waals surface area contributed by atoms with Crippen molar-refractivity contribution in [2.45, 2.75) is 95.8 Å². The molecule has 5 unspecified atom stereocenters. The van der Waals surface area contributed by atoms with Gasteiger partial charge in [-0.25, -0.2) is 5.01 Å². The second-order valence-electron chi connectivity index (χ2n) is 9.47. The summed E-state index contributed by atoms with van der Waals surface area (Å²) < 4.78 is 0. The van der Waals surface area contributed by atoms with E-state index in [4.69, 9.17) is 0 Å². The van der Waals surface area contributed by atoms with E-state index < -0.39 is 0 Å². The molecule has 2 saturated carbocycles. The molecule has 4 rings (SSSR count). The van der Waals surface area contributed by atoms with Crippen molar-refractivity contribution in [1.29, 1.82) is 0 Å². The van der Waals surface area contributed by atoms with Crippen molar-refractivity contribution in [3.63, 3.8) is 0 Å². The first-order chi connectivity index (χ1) is 12.6. The molecule has 0 bridgehead atoms. The summed E-state index contributed by atoms with van der Waals surface area (Å²) in [6.45, 7) is 6.92. The maximum atomic E-state index is 12.8. The van der Waals surface area contributed by atoms with Gasteiger partial charge in [-0.3, -0.25) is 10.2 Å². The lowest BCUT2D eigenvalue weighted by Crippen LogP contribution is -2.50. The van der Waals surface area contributed by atoms with Crippen LogP contribution in [-0.2, 0) is 4.79 Å². The minimum absolute atomic E-state index is 0.0399. The molecule has 2 saturated heterocycles. The molecule has 0 aromatic carbocycles. The minimum atomic E-state index is 0.0399. The largest absolute Gasteiger partial charge is 0.352 e. The van der Waals surface area contributed by atoms with E-state index in [0.29, 0.717) is 30.0 Å². The van der Waals surface area contributed by atoms with Crippen LogP contribution in [0.1, 0.15) is 71.6 Å². The summed E-state index contributed by atoms with van der Waals surface area (Å²) in [6.07, 6.45) is 11.3. The van der Waals surface area contributed by atoms with Gasteiger partial charge in [0.2, 0.25) is 5.91 Å². The molecule has 5 nitrogen and oxygen atoms in total. The van der Waals surface area contributed by atoms with Gasteiger partial charge in [0, 0.05) is 31.2 Å². The molecular weight excluding hydrogens is 324 g/mol. The standard InChI is InChI=1S/C21H38N4O/c1-14-5-3-6-17-13-19(24-20(14)17)21(26)23-15(2)16-7-9-18(10-8-16)25-12-4-11-22-25/h14-20,22,24H,3-13H2,1-2H3,(H,23,26). The average molecular weight is 363 g/mol. The lowest BCUT2D eigenvalue weighted by molar-refractivity contribution is -0.124. The van der Waals surface area contributed by atoms with Gasteiger partial charge < -0.3 is 10.6 Å².